The number of carbonyl (C=O) groups is 1. The number of rotatable bonds is 6. The number of nitrogens with zero attached hydrogens (tertiary/aromatic N) is 7. The Bertz CT molecular complexity index is 1530. The lowest BCUT2D eigenvalue weighted by Crippen LogP contribution is -2.38. The fourth-order valence-corrected chi connectivity index (χ4v) is 6.20. The molecule has 1 aromatic carbocycles. The van der Waals surface area contributed by atoms with Crippen molar-refractivity contribution in [3.63, 3.8) is 0 Å². The fourth-order valence-electron chi connectivity index (χ4n) is 6.20. The number of nitrogens with two attached hydrogens (primary N) is 1. The molecule has 2 bridgehead atoms. The summed E-state index contributed by atoms with van der Waals surface area (Å²) in [6.07, 6.45) is 5.34. The Labute approximate surface area is 211 Å². The molecule has 2 aliphatic carbocycles. The van der Waals surface area contributed by atoms with Gasteiger partial charge in [0.25, 0.3) is 5.95 Å². The third-order valence-corrected chi connectivity index (χ3v) is 8.02. The molecule has 0 saturated heterocycles. The van der Waals surface area contributed by atoms with Crippen molar-refractivity contribution in [1.82, 2.24) is 34.9 Å². The molecule has 2 atom stereocenters. The molecule has 3 aromatic heterocycles. The molecule has 9 nitrogen and oxygen atoms in total. The highest BCUT2D eigenvalue weighted by atomic mass is 19.1. The van der Waals surface area contributed by atoms with Crippen molar-refractivity contribution in [2.45, 2.75) is 50.9 Å². The minimum absolute atomic E-state index is 0.122. The summed E-state index contributed by atoms with van der Waals surface area (Å²) in [4.78, 5) is 24.6. The van der Waals surface area contributed by atoms with Gasteiger partial charge in [-0.05, 0) is 54.0 Å². The Morgan fingerprint density at radius 2 is 1.95 bits per heavy atom. The van der Waals surface area contributed by atoms with Crippen molar-refractivity contribution in [1.29, 1.82) is 0 Å². The maximum Gasteiger partial charge on any atom is 0.252 e. The number of halogens is 2. The van der Waals surface area contributed by atoms with Crippen LogP contribution in [-0.4, -0.2) is 40.8 Å². The minimum Gasteiger partial charge on any atom is -0.370 e. The maximum absolute atomic E-state index is 14.5. The molecule has 4 aromatic rings. The summed E-state index contributed by atoms with van der Waals surface area (Å²) >= 11 is 0. The topological polar surface area (TPSA) is 125 Å². The molecule has 1 amide bonds. The van der Waals surface area contributed by atoms with Crippen LogP contribution in [0.4, 0.5) is 8.78 Å². The smallest absolute Gasteiger partial charge is 0.252 e. The second-order valence-electron chi connectivity index (χ2n) is 10.2. The van der Waals surface area contributed by atoms with E-state index in [1.54, 1.807) is 12.3 Å². The van der Waals surface area contributed by atoms with Gasteiger partial charge in [-0.25, -0.2) is 23.7 Å². The quantitative estimate of drug-likeness (QED) is 0.428. The number of carbonyl (C=O) groups excluding carboxylic acids is 1. The number of aromatic nitrogens is 7. The summed E-state index contributed by atoms with van der Waals surface area (Å²) in [7, 11) is 0. The van der Waals surface area contributed by atoms with Crippen LogP contribution in [0.15, 0.2) is 42.9 Å². The highest BCUT2D eigenvalue weighted by Crippen LogP contribution is 2.69. The van der Waals surface area contributed by atoms with Crippen LogP contribution in [0.1, 0.15) is 61.8 Å². The molecule has 1 fully saturated rings. The zero-order valence-corrected chi connectivity index (χ0v) is 20.3. The van der Waals surface area contributed by atoms with Crippen LogP contribution in [-0.2, 0) is 16.6 Å². The molecule has 6 rings (SSSR count). The van der Waals surface area contributed by atoms with Crippen molar-refractivity contribution in [3.8, 4) is 17.2 Å². The largest absolute Gasteiger partial charge is 0.370 e. The molecule has 188 valence electrons. The van der Waals surface area contributed by atoms with Crippen molar-refractivity contribution in [2.75, 3.05) is 0 Å². The van der Waals surface area contributed by atoms with E-state index in [9.17, 15) is 13.6 Å². The third-order valence-electron chi connectivity index (χ3n) is 8.02. The summed E-state index contributed by atoms with van der Waals surface area (Å²) in [5, 5.41) is 13.2. The van der Waals surface area contributed by atoms with Crippen molar-refractivity contribution >= 4 is 5.91 Å². The summed E-state index contributed by atoms with van der Waals surface area (Å²) < 4.78 is 30.5. The monoisotopic (exact) mass is 502 g/mol. The number of hydrogen-bond donors (Lipinski definition) is 1. The van der Waals surface area contributed by atoms with E-state index in [-0.39, 0.29) is 29.0 Å². The van der Waals surface area contributed by atoms with Gasteiger partial charge in [0.05, 0.1) is 28.1 Å². The Hall–Kier alpha value is -4.15. The second-order valence-corrected chi connectivity index (χ2v) is 10.2. The zero-order chi connectivity index (χ0) is 25.9. The number of amides is 1. The lowest BCUT2D eigenvalue weighted by molar-refractivity contribution is -0.118. The number of hydrogen-bond acceptors (Lipinski definition) is 7. The highest BCUT2D eigenvalue weighted by Gasteiger charge is 2.65. The SMILES string of the molecule is CC1(C)[C@H]2CC[C@@]1(c1ccnc(-n3cnc(CCC(N)=O)n3)n1)c1nnc(-c3c(F)cccc3F)cc12. The predicted octanol–water partition coefficient (Wildman–Crippen LogP) is 3.41. The molecule has 1 saturated carbocycles. The van der Waals surface area contributed by atoms with Crippen LogP contribution in [0.2, 0.25) is 0 Å². The number of benzene rings is 1. The lowest BCUT2D eigenvalue weighted by Gasteiger charge is -2.37. The van der Waals surface area contributed by atoms with E-state index in [1.165, 1.54) is 29.2 Å². The summed E-state index contributed by atoms with van der Waals surface area (Å²) in [6.45, 7) is 4.35. The van der Waals surface area contributed by atoms with E-state index >= 15 is 0 Å². The molecule has 2 N–H and O–H groups in total. The van der Waals surface area contributed by atoms with Crippen molar-refractivity contribution in [2.24, 2.45) is 11.1 Å². The van der Waals surface area contributed by atoms with Crippen LogP contribution in [0.5, 0.6) is 0 Å². The van der Waals surface area contributed by atoms with Gasteiger partial charge >= 0.3 is 0 Å². The molecular formula is C26H24F2N8O. The lowest BCUT2D eigenvalue weighted by atomic mass is 9.66. The van der Waals surface area contributed by atoms with Gasteiger partial charge < -0.3 is 5.73 Å². The molecular weight excluding hydrogens is 478 g/mol. The van der Waals surface area contributed by atoms with Gasteiger partial charge in [0.1, 0.15) is 18.0 Å². The third kappa shape index (κ3) is 3.36. The van der Waals surface area contributed by atoms with Gasteiger partial charge in [0.2, 0.25) is 5.91 Å². The van der Waals surface area contributed by atoms with Crippen LogP contribution >= 0.6 is 0 Å². The summed E-state index contributed by atoms with van der Waals surface area (Å²) in [6, 6.07) is 7.42. The molecule has 11 heteroatoms. The molecule has 0 aliphatic heterocycles. The standard InChI is InChI=1S/C26H24F2N8O/c1-25(2)15-8-10-26(25,23-14(15)12-18(33-34-23)22-16(27)4-3-5-17(22)28)19-9-11-30-24(32-19)36-13-31-21(35-36)7-6-20(29)37/h3-5,9,11-13,15H,6-8,10H2,1-2H3,(H2,29,37)/t15-,26+/m0/s1. The van der Waals surface area contributed by atoms with Crippen LogP contribution in [0.25, 0.3) is 17.2 Å². The minimum atomic E-state index is -0.671. The highest BCUT2D eigenvalue weighted by molar-refractivity contribution is 5.73. The van der Waals surface area contributed by atoms with Crippen molar-refractivity contribution < 1.29 is 13.6 Å². The normalized spacial score (nSPS) is 21.2. The summed E-state index contributed by atoms with van der Waals surface area (Å²) in [5.41, 5.74) is 6.90. The first-order valence-electron chi connectivity index (χ1n) is 12.1. The number of fused-ring (bicyclic) bond motifs is 5. The first-order chi connectivity index (χ1) is 17.7. The predicted molar refractivity (Wildman–Crippen MR) is 128 cm³/mol. The summed E-state index contributed by atoms with van der Waals surface area (Å²) in [5.74, 6) is -0.831. The molecule has 3 heterocycles. The van der Waals surface area contributed by atoms with Crippen LogP contribution < -0.4 is 5.73 Å². The van der Waals surface area contributed by atoms with Gasteiger partial charge in [-0.1, -0.05) is 19.9 Å². The Kier molecular flexibility index (Phi) is 5.15. The van der Waals surface area contributed by atoms with Gasteiger partial charge in [0.15, 0.2) is 5.82 Å². The van der Waals surface area contributed by atoms with E-state index < -0.39 is 23.0 Å². The van der Waals surface area contributed by atoms with Crippen LogP contribution in [0.3, 0.4) is 0 Å². The second kappa shape index (κ2) is 8.19. The molecule has 2 aliphatic rings. The Morgan fingerprint density at radius 3 is 2.70 bits per heavy atom. The van der Waals surface area contributed by atoms with Crippen molar-refractivity contribution in [3.05, 3.63) is 77.3 Å². The van der Waals surface area contributed by atoms with Gasteiger partial charge in [0, 0.05) is 19.0 Å². The molecule has 0 spiro atoms. The van der Waals surface area contributed by atoms with E-state index in [2.05, 4.69) is 39.1 Å². The first-order valence-corrected chi connectivity index (χ1v) is 12.1. The van der Waals surface area contributed by atoms with Gasteiger partial charge in [-0.3, -0.25) is 4.79 Å². The van der Waals surface area contributed by atoms with E-state index in [4.69, 9.17) is 10.7 Å². The fraction of sp³-hybridized carbons (Fsp3) is 0.346. The van der Waals surface area contributed by atoms with Gasteiger partial charge in [-0.2, -0.15) is 9.78 Å². The van der Waals surface area contributed by atoms with E-state index in [0.29, 0.717) is 18.2 Å². The van der Waals surface area contributed by atoms with Crippen LogP contribution in [0, 0.1) is 17.0 Å². The maximum atomic E-state index is 14.5. The van der Waals surface area contributed by atoms with E-state index in [0.717, 1.165) is 29.8 Å². The Balaban J connectivity index is 1.43. The van der Waals surface area contributed by atoms with Gasteiger partial charge in [-0.15, -0.1) is 10.2 Å². The molecule has 37 heavy (non-hydrogen) atoms. The zero-order valence-electron chi connectivity index (χ0n) is 20.3. The average Bonchev–Trinajstić information content (AvgIpc) is 3.50. The molecule has 0 unspecified atom stereocenters. The Morgan fingerprint density at radius 1 is 1.16 bits per heavy atom. The average molecular weight is 503 g/mol. The number of primary amides is 1. The van der Waals surface area contributed by atoms with E-state index in [1.807, 2.05) is 6.07 Å². The number of aryl methyl sites for hydroxylation is 1. The first kappa shape index (κ1) is 23.3. The molecule has 0 radical (unpaired) electrons.